The molecule has 0 aliphatic rings. The third-order valence-electron chi connectivity index (χ3n) is 4.19. The molecule has 0 aliphatic carbocycles. The first-order valence-corrected chi connectivity index (χ1v) is 10.8. The Balaban J connectivity index is 1.67. The molecule has 0 heterocycles. The molecule has 0 aromatic heterocycles. The Bertz CT molecular complexity index is 1230. The number of benzene rings is 3. The predicted octanol–water partition coefficient (Wildman–Crippen LogP) is 3.56. The quantitative estimate of drug-likeness (QED) is 0.498. The number of carbonyl (C=O) groups excluding carboxylic acids is 2. The second-order valence-corrected chi connectivity index (χ2v) is 8.64. The molecule has 3 aromatic carbocycles. The Hall–Kier alpha value is -3.43. The van der Waals surface area contributed by atoms with Crippen LogP contribution in [0, 0.1) is 5.82 Å². The molecule has 31 heavy (non-hydrogen) atoms. The number of carbonyl (C=O) groups is 2. The fourth-order valence-corrected chi connectivity index (χ4v) is 3.99. The van der Waals surface area contributed by atoms with Crippen molar-refractivity contribution in [3.8, 4) is 0 Å². The fraction of sp³-hybridized carbons (Fsp3) is 0.0476. The molecular formula is C21H17ClFN3O4S. The number of primary amides is 1. The lowest BCUT2D eigenvalue weighted by atomic mass is 10.1. The molecule has 0 saturated carbocycles. The summed E-state index contributed by atoms with van der Waals surface area (Å²) in [7, 11) is -3.98. The van der Waals surface area contributed by atoms with Gasteiger partial charge in [0.1, 0.15) is 5.82 Å². The highest BCUT2D eigenvalue weighted by molar-refractivity contribution is 7.92. The lowest BCUT2D eigenvalue weighted by molar-refractivity contribution is -0.117. The Morgan fingerprint density at radius 1 is 0.935 bits per heavy atom. The van der Waals surface area contributed by atoms with Crippen molar-refractivity contribution >= 4 is 44.8 Å². The zero-order valence-electron chi connectivity index (χ0n) is 15.9. The van der Waals surface area contributed by atoms with E-state index >= 15 is 0 Å². The van der Waals surface area contributed by atoms with Crippen LogP contribution in [0.1, 0.15) is 15.9 Å². The van der Waals surface area contributed by atoms with E-state index in [1.54, 1.807) is 24.3 Å². The molecule has 160 valence electrons. The Kier molecular flexibility index (Phi) is 6.57. The zero-order chi connectivity index (χ0) is 22.6. The van der Waals surface area contributed by atoms with Crippen LogP contribution in [-0.4, -0.2) is 20.2 Å². The maximum absolute atomic E-state index is 13.3. The number of hydrogen-bond donors (Lipinski definition) is 3. The van der Waals surface area contributed by atoms with E-state index in [0.717, 1.165) is 23.8 Å². The van der Waals surface area contributed by atoms with Gasteiger partial charge in [-0.25, -0.2) is 12.8 Å². The number of halogens is 2. The van der Waals surface area contributed by atoms with Gasteiger partial charge >= 0.3 is 0 Å². The van der Waals surface area contributed by atoms with Crippen molar-refractivity contribution in [2.75, 3.05) is 10.0 Å². The SMILES string of the molecule is NC(=O)Cc1ccc(NC(=O)c2ccc(NS(=O)(=O)c3ccc(F)c(Cl)c3)cc2)cc1. The van der Waals surface area contributed by atoms with Gasteiger partial charge in [-0.1, -0.05) is 23.7 Å². The van der Waals surface area contributed by atoms with E-state index in [2.05, 4.69) is 10.0 Å². The first kappa shape index (κ1) is 22.3. The standard InChI is InChI=1S/C21H17ClFN3O4S/c22-18-12-17(9-10-19(18)23)31(29,30)26-16-7-3-14(4-8-16)21(28)25-15-5-1-13(2-6-15)11-20(24)27/h1-10,12,26H,11H2,(H2,24,27)(H,25,28). The van der Waals surface area contributed by atoms with Gasteiger partial charge in [-0.15, -0.1) is 0 Å². The van der Waals surface area contributed by atoms with Crippen LogP contribution in [0.3, 0.4) is 0 Å². The highest BCUT2D eigenvalue weighted by Gasteiger charge is 2.16. The summed E-state index contributed by atoms with van der Waals surface area (Å²) in [5.74, 6) is -1.57. The molecule has 0 saturated heterocycles. The normalized spacial score (nSPS) is 11.0. The smallest absolute Gasteiger partial charge is 0.261 e. The second-order valence-electron chi connectivity index (χ2n) is 6.55. The van der Waals surface area contributed by atoms with Gasteiger partial charge in [0.25, 0.3) is 15.9 Å². The summed E-state index contributed by atoms with van der Waals surface area (Å²) < 4.78 is 40.4. The van der Waals surface area contributed by atoms with Crippen LogP contribution in [0.4, 0.5) is 15.8 Å². The molecule has 7 nitrogen and oxygen atoms in total. The van der Waals surface area contributed by atoms with Crippen LogP contribution in [-0.2, 0) is 21.2 Å². The largest absolute Gasteiger partial charge is 0.369 e. The lowest BCUT2D eigenvalue weighted by Gasteiger charge is -2.10. The maximum Gasteiger partial charge on any atom is 0.261 e. The lowest BCUT2D eigenvalue weighted by Crippen LogP contribution is -2.15. The first-order valence-electron chi connectivity index (χ1n) is 8.90. The van der Waals surface area contributed by atoms with Crippen LogP contribution < -0.4 is 15.8 Å². The topological polar surface area (TPSA) is 118 Å². The van der Waals surface area contributed by atoms with Gasteiger partial charge in [0.05, 0.1) is 16.3 Å². The number of sulfonamides is 1. The minimum atomic E-state index is -3.98. The molecule has 0 spiro atoms. The average Bonchev–Trinajstić information content (AvgIpc) is 2.71. The number of nitrogens with one attached hydrogen (secondary N) is 2. The number of amides is 2. The summed E-state index contributed by atoms with van der Waals surface area (Å²) >= 11 is 5.64. The molecule has 4 N–H and O–H groups in total. The van der Waals surface area contributed by atoms with Gasteiger partial charge < -0.3 is 11.1 Å². The average molecular weight is 462 g/mol. The number of nitrogens with two attached hydrogens (primary N) is 1. The molecule has 2 amide bonds. The zero-order valence-corrected chi connectivity index (χ0v) is 17.5. The van der Waals surface area contributed by atoms with Gasteiger partial charge in [-0.05, 0) is 60.2 Å². The third-order valence-corrected chi connectivity index (χ3v) is 5.86. The summed E-state index contributed by atoms with van der Waals surface area (Å²) in [6.07, 6.45) is 0.107. The molecule has 0 radical (unpaired) electrons. The first-order chi connectivity index (χ1) is 14.6. The van der Waals surface area contributed by atoms with E-state index in [1.165, 1.54) is 24.3 Å². The third kappa shape index (κ3) is 5.80. The molecule has 10 heteroatoms. The minimum Gasteiger partial charge on any atom is -0.369 e. The summed E-state index contributed by atoms with van der Waals surface area (Å²) in [5, 5.41) is 2.39. The summed E-state index contributed by atoms with van der Waals surface area (Å²) in [4.78, 5) is 23.1. The summed E-state index contributed by atoms with van der Waals surface area (Å²) in [6, 6.07) is 15.5. The fourth-order valence-electron chi connectivity index (χ4n) is 2.66. The molecular weight excluding hydrogens is 445 g/mol. The van der Waals surface area contributed by atoms with Crippen molar-refractivity contribution in [3.63, 3.8) is 0 Å². The molecule has 3 rings (SSSR count). The van der Waals surface area contributed by atoms with Gasteiger partial charge in [-0.3, -0.25) is 14.3 Å². The van der Waals surface area contributed by atoms with Gasteiger partial charge in [0.15, 0.2) is 0 Å². The van der Waals surface area contributed by atoms with E-state index in [-0.39, 0.29) is 22.0 Å². The van der Waals surface area contributed by atoms with Crippen LogP contribution in [0.5, 0.6) is 0 Å². The van der Waals surface area contributed by atoms with Crippen molar-refractivity contribution in [3.05, 3.63) is 88.7 Å². The van der Waals surface area contributed by atoms with Gasteiger partial charge in [0.2, 0.25) is 5.91 Å². The number of rotatable bonds is 7. The molecule has 0 atom stereocenters. The number of anilines is 2. The van der Waals surface area contributed by atoms with E-state index in [9.17, 15) is 22.4 Å². The van der Waals surface area contributed by atoms with Crippen LogP contribution in [0.15, 0.2) is 71.6 Å². The van der Waals surface area contributed by atoms with E-state index in [0.29, 0.717) is 11.3 Å². The second kappa shape index (κ2) is 9.15. The highest BCUT2D eigenvalue weighted by Crippen LogP contribution is 2.22. The van der Waals surface area contributed by atoms with Crippen molar-refractivity contribution in [1.29, 1.82) is 0 Å². The van der Waals surface area contributed by atoms with E-state index in [1.807, 2.05) is 0 Å². The van der Waals surface area contributed by atoms with Crippen LogP contribution in [0.2, 0.25) is 5.02 Å². The van der Waals surface area contributed by atoms with Crippen LogP contribution >= 0.6 is 11.6 Å². The highest BCUT2D eigenvalue weighted by atomic mass is 35.5. The minimum absolute atomic E-state index is 0.107. The van der Waals surface area contributed by atoms with Crippen LogP contribution in [0.25, 0.3) is 0 Å². The summed E-state index contributed by atoms with van der Waals surface area (Å²) in [6.45, 7) is 0. The van der Waals surface area contributed by atoms with Crippen molar-refractivity contribution in [2.45, 2.75) is 11.3 Å². The molecule has 0 aliphatic heterocycles. The van der Waals surface area contributed by atoms with E-state index < -0.39 is 27.7 Å². The Labute approximate surface area is 183 Å². The monoisotopic (exact) mass is 461 g/mol. The summed E-state index contributed by atoms with van der Waals surface area (Å²) in [5.41, 5.74) is 6.91. The Morgan fingerprint density at radius 3 is 2.13 bits per heavy atom. The van der Waals surface area contributed by atoms with Crippen molar-refractivity contribution in [1.82, 2.24) is 0 Å². The number of hydrogen-bond acceptors (Lipinski definition) is 4. The molecule has 3 aromatic rings. The molecule has 0 fully saturated rings. The van der Waals surface area contributed by atoms with Gasteiger partial charge in [-0.2, -0.15) is 0 Å². The molecule has 0 unspecified atom stereocenters. The Morgan fingerprint density at radius 2 is 1.55 bits per heavy atom. The van der Waals surface area contributed by atoms with E-state index in [4.69, 9.17) is 17.3 Å². The van der Waals surface area contributed by atoms with Crippen molar-refractivity contribution in [2.24, 2.45) is 5.73 Å². The molecule has 0 bridgehead atoms. The maximum atomic E-state index is 13.3. The van der Waals surface area contributed by atoms with Gasteiger partial charge in [0, 0.05) is 16.9 Å². The predicted molar refractivity (Wildman–Crippen MR) is 116 cm³/mol. The van der Waals surface area contributed by atoms with Crippen molar-refractivity contribution < 1.29 is 22.4 Å².